The Bertz CT molecular complexity index is 1560. The van der Waals surface area contributed by atoms with Gasteiger partial charge < -0.3 is 20.3 Å². The predicted molar refractivity (Wildman–Crippen MR) is 132 cm³/mol. The third-order valence-corrected chi connectivity index (χ3v) is 8.04. The van der Waals surface area contributed by atoms with Crippen molar-refractivity contribution >= 4 is 43.3 Å². The summed E-state index contributed by atoms with van der Waals surface area (Å²) in [5, 5.41) is 10.9. The molecule has 0 unspecified atom stereocenters. The van der Waals surface area contributed by atoms with Gasteiger partial charge in [-0.15, -0.1) is 11.3 Å². The highest BCUT2D eigenvalue weighted by molar-refractivity contribution is 7.23. The molecule has 4 aromatic rings. The summed E-state index contributed by atoms with van der Waals surface area (Å²) in [6, 6.07) is 5.29. The van der Waals surface area contributed by atoms with Gasteiger partial charge in [0.05, 0.1) is 18.8 Å². The minimum absolute atomic E-state index is 0.0298. The second kappa shape index (κ2) is 8.09. The van der Waals surface area contributed by atoms with Gasteiger partial charge in [0.15, 0.2) is 5.82 Å². The largest absolute Gasteiger partial charge is 0.389 e. The van der Waals surface area contributed by atoms with Gasteiger partial charge in [0.25, 0.3) is 0 Å². The molecule has 0 saturated carbocycles. The first kappa shape index (κ1) is 22.1. The fraction of sp³-hybridized carbons (Fsp3) is 0.320. The minimum atomic E-state index is -0.642. The smallest absolute Gasteiger partial charge is 0.226 e. The lowest BCUT2D eigenvalue weighted by molar-refractivity contribution is 0.135. The van der Waals surface area contributed by atoms with Crippen molar-refractivity contribution in [1.82, 2.24) is 14.9 Å². The van der Waals surface area contributed by atoms with Crippen molar-refractivity contribution in [2.75, 3.05) is 37.8 Å². The number of nitriles is 1. The first-order valence-electron chi connectivity index (χ1n) is 11.3. The van der Waals surface area contributed by atoms with E-state index in [4.69, 9.17) is 10.5 Å². The summed E-state index contributed by atoms with van der Waals surface area (Å²) < 4.78 is 38.1. The zero-order valence-electron chi connectivity index (χ0n) is 19.2. The fourth-order valence-corrected chi connectivity index (χ4v) is 6.13. The minimum Gasteiger partial charge on any atom is -0.389 e. The number of likely N-dealkylation sites (N-methyl/N-ethyl adjacent to an activating group) is 1. The summed E-state index contributed by atoms with van der Waals surface area (Å²) >= 11 is 1.18. The number of halogens is 2. The van der Waals surface area contributed by atoms with E-state index in [1.54, 1.807) is 12.3 Å². The van der Waals surface area contributed by atoms with Crippen molar-refractivity contribution in [3.63, 3.8) is 0 Å². The lowest BCUT2D eigenvalue weighted by Crippen LogP contribution is -2.32. The number of hydrogen-bond donors (Lipinski definition) is 1. The first-order chi connectivity index (χ1) is 16.9. The molecule has 7 nitrogen and oxygen atoms in total. The van der Waals surface area contributed by atoms with E-state index in [1.807, 2.05) is 19.0 Å². The third kappa shape index (κ3) is 3.26. The van der Waals surface area contributed by atoms with Crippen LogP contribution in [0.15, 0.2) is 18.3 Å². The number of nitrogens with zero attached hydrogens (tertiary/aromatic N) is 5. The van der Waals surface area contributed by atoms with Gasteiger partial charge in [-0.25, -0.2) is 18.7 Å². The van der Waals surface area contributed by atoms with Gasteiger partial charge in [-0.3, -0.25) is 0 Å². The van der Waals surface area contributed by atoms with Crippen LogP contribution in [0.5, 0.6) is 0 Å². The zero-order chi connectivity index (χ0) is 24.4. The van der Waals surface area contributed by atoms with E-state index in [0.717, 1.165) is 25.1 Å². The van der Waals surface area contributed by atoms with Gasteiger partial charge in [0.1, 0.15) is 22.4 Å². The maximum atomic E-state index is 16.4. The summed E-state index contributed by atoms with van der Waals surface area (Å²) in [5.74, 6) is -0.820. The standard InChI is InChI=1S/C25H22F2N6OS/c1-32(2)12-5-6-33(9-12)25-30-8-14-15-10-34-11-16(15)20(22(27)23(14)31-25)21-17(26)3-4-18-19(21)13(7-28)24(29)35-18/h3-4,8,12H,5-6,9-11,29H2,1-2H3/t12-/m0/s1. The molecule has 178 valence electrons. The Morgan fingerprint density at radius 2 is 2.03 bits per heavy atom. The van der Waals surface area contributed by atoms with Crippen LogP contribution in [0.3, 0.4) is 0 Å². The molecule has 10 heteroatoms. The van der Waals surface area contributed by atoms with Crippen LogP contribution in [0.2, 0.25) is 0 Å². The Hall–Kier alpha value is -3.39. The number of benzene rings is 2. The van der Waals surface area contributed by atoms with E-state index in [-0.39, 0.29) is 40.4 Å². The van der Waals surface area contributed by atoms with Crippen molar-refractivity contribution in [2.24, 2.45) is 0 Å². The van der Waals surface area contributed by atoms with Crippen LogP contribution in [0.4, 0.5) is 19.7 Å². The normalized spacial score (nSPS) is 17.6. The van der Waals surface area contributed by atoms with E-state index in [2.05, 4.69) is 20.9 Å². The number of hydrogen-bond acceptors (Lipinski definition) is 8. The molecule has 0 amide bonds. The summed E-state index contributed by atoms with van der Waals surface area (Å²) in [7, 11) is 4.07. The van der Waals surface area contributed by atoms with Gasteiger partial charge in [-0.1, -0.05) is 0 Å². The zero-order valence-corrected chi connectivity index (χ0v) is 20.0. The van der Waals surface area contributed by atoms with Gasteiger partial charge in [0.2, 0.25) is 5.95 Å². The van der Waals surface area contributed by atoms with Crippen molar-refractivity contribution in [3.8, 4) is 17.2 Å². The van der Waals surface area contributed by atoms with Crippen LogP contribution in [-0.4, -0.2) is 48.1 Å². The highest BCUT2D eigenvalue weighted by Gasteiger charge is 2.31. The maximum absolute atomic E-state index is 16.4. The molecule has 35 heavy (non-hydrogen) atoms. The molecule has 1 saturated heterocycles. The van der Waals surface area contributed by atoms with E-state index in [9.17, 15) is 5.26 Å². The number of rotatable bonds is 3. The second-order valence-electron chi connectivity index (χ2n) is 9.17. The Labute approximate surface area is 204 Å². The van der Waals surface area contributed by atoms with Crippen molar-refractivity contribution in [1.29, 1.82) is 5.26 Å². The molecule has 1 fully saturated rings. The van der Waals surface area contributed by atoms with Crippen LogP contribution in [0, 0.1) is 23.0 Å². The number of fused-ring (bicyclic) bond motifs is 4. The summed E-state index contributed by atoms with van der Waals surface area (Å²) in [6.45, 7) is 1.90. The molecule has 2 aromatic heterocycles. The van der Waals surface area contributed by atoms with Crippen molar-refractivity contribution in [2.45, 2.75) is 25.7 Å². The molecular formula is C25H22F2N6OS. The van der Waals surface area contributed by atoms with E-state index >= 15 is 8.78 Å². The van der Waals surface area contributed by atoms with Crippen molar-refractivity contribution in [3.05, 3.63) is 46.7 Å². The van der Waals surface area contributed by atoms with Gasteiger partial charge in [0, 0.05) is 51.9 Å². The Balaban J connectivity index is 1.62. The van der Waals surface area contributed by atoms with Crippen molar-refractivity contribution < 1.29 is 13.5 Å². The Kier molecular flexibility index (Phi) is 5.11. The van der Waals surface area contributed by atoms with Crippen LogP contribution in [0.25, 0.3) is 32.1 Å². The molecule has 2 aromatic carbocycles. The third-order valence-electron chi connectivity index (χ3n) is 7.06. The molecule has 0 aliphatic carbocycles. The van der Waals surface area contributed by atoms with Crippen LogP contribution in [0.1, 0.15) is 23.1 Å². The number of thiophene rings is 1. The molecule has 1 atom stereocenters. The molecular weight excluding hydrogens is 470 g/mol. The molecule has 2 aliphatic heterocycles. The van der Waals surface area contributed by atoms with Crippen LogP contribution in [-0.2, 0) is 18.0 Å². The van der Waals surface area contributed by atoms with Gasteiger partial charge in [-0.05, 0) is 43.8 Å². The summed E-state index contributed by atoms with van der Waals surface area (Å²) in [5.41, 5.74) is 7.74. The topological polar surface area (TPSA) is 91.3 Å². The molecule has 6 rings (SSSR count). The van der Waals surface area contributed by atoms with Crippen LogP contribution >= 0.6 is 11.3 Å². The van der Waals surface area contributed by atoms with Crippen LogP contribution < -0.4 is 10.6 Å². The number of nitrogen functional groups attached to an aromatic ring is 1. The maximum Gasteiger partial charge on any atom is 0.226 e. The van der Waals surface area contributed by atoms with Gasteiger partial charge >= 0.3 is 0 Å². The SMILES string of the molecule is CN(C)[C@H]1CCN(c2ncc3c4c(c(-c5c(F)ccc6sc(N)c(C#N)c56)c(F)c3n2)COC4)C1. The molecule has 0 spiro atoms. The highest BCUT2D eigenvalue weighted by atomic mass is 32.1. The molecule has 0 bridgehead atoms. The van der Waals surface area contributed by atoms with E-state index < -0.39 is 11.6 Å². The Morgan fingerprint density at radius 3 is 2.77 bits per heavy atom. The van der Waals surface area contributed by atoms with E-state index in [0.29, 0.717) is 33.0 Å². The van der Waals surface area contributed by atoms with Gasteiger partial charge in [-0.2, -0.15) is 5.26 Å². The lowest BCUT2D eigenvalue weighted by Gasteiger charge is -2.21. The fourth-order valence-electron chi connectivity index (χ4n) is 5.20. The highest BCUT2D eigenvalue weighted by Crippen LogP contribution is 2.46. The quantitative estimate of drug-likeness (QED) is 0.453. The Morgan fingerprint density at radius 1 is 1.23 bits per heavy atom. The molecule has 4 heterocycles. The molecule has 2 N–H and O–H groups in total. The number of nitrogens with two attached hydrogens (primary N) is 1. The second-order valence-corrected chi connectivity index (χ2v) is 10.3. The average molecular weight is 493 g/mol. The monoisotopic (exact) mass is 492 g/mol. The first-order valence-corrected chi connectivity index (χ1v) is 12.1. The summed E-state index contributed by atoms with van der Waals surface area (Å²) in [6.07, 6.45) is 2.60. The molecule has 2 aliphatic rings. The van der Waals surface area contributed by atoms with E-state index in [1.165, 1.54) is 17.4 Å². The summed E-state index contributed by atoms with van der Waals surface area (Å²) in [4.78, 5) is 13.4. The number of ether oxygens (including phenoxy) is 1. The number of aromatic nitrogens is 2. The molecule has 0 radical (unpaired) electrons. The average Bonchev–Trinajstić information content (AvgIpc) is 3.58. The lowest BCUT2D eigenvalue weighted by atomic mass is 9.90. The predicted octanol–water partition coefficient (Wildman–Crippen LogP) is 4.41. The number of anilines is 2.